The summed E-state index contributed by atoms with van der Waals surface area (Å²) in [6.07, 6.45) is 1.51. The van der Waals surface area contributed by atoms with Crippen LogP contribution >= 0.6 is 0 Å². The molecule has 0 fully saturated rings. The third-order valence-electron chi connectivity index (χ3n) is 5.06. The van der Waals surface area contributed by atoms with Gasteiger partial charge in [0.25, 0.3) is 5.91 Å². The number of hydrogen-bond acceptors (Lipinski definition) is 6. The van der Waals surface area contributed by atoms with Gasteiger partial charge in [-0.15, -0.1) is 0 Å². The van der Waals surface area contributed by atoms with Gasteiger partial charge in [0.15, 0.2) is 0 Å². The van der Waals surface area contributed by atoms with Crippen LogP contribution in [-0.2, 0) is 16.4 Å². The monoisotopic (exact) mass is 458 g/mol. The molecule has 170 valence electrons. The SMILES string of the molecule is CCCc1c(OC)ccc2cc(C(=O)Nc3ccc(NS(=O)(=O)CC)cc3C)c(=O)oc12. The van der Waals surface area contributed by atoms with Gasteiger partial charge in [-0.2, -0.15) is 0 Å². The zero-order valence-corrected chi connectivity index (χ0v) is 19.3. The molecule has 0 bridgehead atoms. The molecule has 0 radical (unpaired) electrons. The molecule has 0 saturated heterocycles. The summed E-state index contributed by atoms with van der Waals surface area (Å²) in [4.78, 5) is 25.4. The lowest BCUT2D eigenvalue weighted by atomic mass is 10.0. The Kier molecular flexibility index (Phi) is 6.88. The second kappa shape index (κ2) is 9.44. The number of benzene rings is 2. The summed E-state index contributed by atoms with van der Waals surface area (Å²) in [5.74, 6) is -0.0266. The van der Waals surface area contributed by atoms with Crippen LogP contribution in [0.5, 0.6) is 5.75 Å². The van der Waals surface area contributed by atoms with E-state index in [1.165, 1.54) is 6.07 Å². The van der Waals surface area contributed by atoms with Gasteiger partial charge in [-0.1, -0.05) is 13.3 Å². The number of carbonyl (C=O) groups excluding carboxylic acids is 1. The highest BCUT2D eigenvalue weighted by atomic mass is 32.2. The molecule has 0 aliphatic carbocycles. The van der Waals surface area contributed by atoms with Gasteiger partial charge in [-0.25, -0.2) is 13.2 Å². The van der Waals surface area contributed by atoms with E-state index in [1.807, 2.05) is 6.92 Å². The van der Waals surface area contributed by atoms with Crippen molar-refractivity contribution in [2.75, 3.05) is 22.9 Å². The summed E-state index contributed by atoms with van der Waals surface area (Å²) < 4.78 is 36.8. The van der Waals surface area contributed by atoms with Crippen molar-refractivity contribution in [3.8, 4) is 5.75 Å². The molecule has 3 rings (SSSR count). The normalized spacial score (nSPS) is 11.4. The second-order valence-corrected chi connectivity index (χ2v) is 9.36. The van der Waals surface area contributed by atoms with Crippen molar-refractivity contribution in [3.05, 3.63) is 63.5 Å². The van der Waals surface area contributed by atoms with Crippen molar-refractivity contribution in [2.24, 2.45) is 0 Å². The molecule has 32 heavy (non-hydrogen) atoms. The number of methoxy groups -OCH3 is 1. The fourth-order valence-electron chi connectivity index (χ4n) is 3.37. The summed E-state index contributed by atoms with van der Waals surface area (Å²) >= 11 is 0. The molecule has 2 N–H and O–H groups in total. The topological polar surface area (TPSA) is 115 Å². The van der Waals surface area contributed by atoms with Crippen LogP contribution in [0.1, 0.15) is 41.8 Å². The Balaban J connectivity index is 1.92. The van der Waals surface area contributed by atoms with Crippen molar-refractivity contribution in [2.45, 2.75) is 33.6 Å². The molecular weight excluding hydrogens is 432 g/mol. The number of fused-ring (bicyclic) bond motifs is 1. The molecule has 0 saturated carbocycles. The van der Waals surface area contributed by atoms with Crippen LogP contribution in [0.3, 0.4) is 0 Å². The number of carbonyl (C=O) groups is 1. The first-order valence-corrected chi connectivity index (χ1v) is 11.9. The predicted molar refractivity (Wildman–Crippen MR) is 125 cm³/mol. The van der Waals surface area contributed by atoms with Crippen LogP contribution in [0.4, 0.5) is 11.4 Å². The van der Waals surface area contributed by atoms with E-state index in [9.17, 15) is 18.0 Å². The fourth-order valence-corrected chi connectivity index (χ4v) is 4.00. The minimum absolute atomic E-state index is 0.0475. The van der Waals surface area contributed by atoms with Crippen molar-refractivity contribution >= 4 is 38.3 Å². The number of ether oxygens (including phenoxy) is 1. The molecule has 1 amide bonds. The lowest BCUT2D eigenvalue weighted by molar-refractivity contribution is 0.102. The number of anilines is 2. The molecule has 1 aromatic heterocycles. The zero-order valence-electron chi connectivity index (χ0n) is 18.4. The first kappa shape index (κ1) is 23.3. The Labute approximate surface area is 186 Å². The van der Waals surface area contributed by atoms with Gasteiger partial charge >= 0.3 is 5.63 Å². The average Bonchev–Trinajstić information content (AvgIpc) is 2.75. The summed E-state index contributed by atoms with van der Waals surface area (Å²) in [5, 5.41) is 3.32. The maximum absolute atomic E-state index is 12.8. The number of hydrogen-bond donors (Lipinski definition) is 2. The van der Waals surface area contributed by atoms with Gasteiger partial charge in [-0.3, -0.25) is 9.52 Å². The van der Waals surface area contributed by atoms with E-state index in [2.05, 4.69) is 10.0 Å². The smallest absolute Gasteiger partial charge is 0.349 e. The van der Waals surface area contributed by atoms with Gasteiger partial charge in [0.1, 0.15) is 16.9 Å². The van der Waals surface area contributed by atoms with Crippen molar-refractivity contribution < 1.29 is 22.4 Å². The summed E-state index contributed by atoms with van der Waals surface area (Å²) in [6.45, 7) is 5.28. The van der Waals surface area contributed by atoms with Crippen molar-refractivity contribution in [1.82, 2.24) is 0 Å². The van der Waals surface area contributed by atoms with Crippen LogP contribution in [0.15, 0.2) is 45.6 Å². The zero-order chi connectivity index (χ0) is 23.5. The molecule has 1 heterocycles. The molecule has 3 aromatic rings. The first-order chi connectivity index (χ1) is 15.2. The highest BCUT2D eigenvalue weighted by Crippen LogP contribution is 2.29. The van der Waals surface area contributed by atoms with Crippen molar-refractivity contribution in [3.63, 3.8) is 0 Å². The van der Waals surface area contributed by atoms with Gasteiger partial charge < -0.3 is 14.5 Å². The van der Waals surface area contributed by atoms with E-state index in [1.54, 1.807) is 51.3 Å². The highest BCUT2D eigenvalue weighted by Gasteiger charge is 2.18. The van der Waals surface area contributed by atoms with Crippen LogP contribution < -0.4 is 20.4 Å². The fraction of sp³-hybridized carbons (Fsp3) is 0.304. The molecule has 0 atom stereocenters. The molecule has 0 unspecified atom stereocenters. The Morgan fingerprint density at radius 1 is 1.12 bits per heavy atom. The van der Waals surface area contributed by atoms with Gasteiger partial charge in [-0.05, 0) is 62.2 Å². The molecular formula is C23H26N2O6S. The van der Waals surface area contributed by atoms with Crippen molar-refractivity contribution in [1.29, 1.82) is 0 Å². The van der Waals surface area contributed by atoms with E-state index in [4.69, 9.17) is 9.15 Å². The Morgan fingerprint density at radius 2 is 1.88 bits per heavy atom. The Hall–Kier alpha value is -3.33. The van der Waals surface area contributed by atoms with Gasteiger partial charge in [0, 0.05) is 22.3 Å². The first-order valence-electron chi connectivity index (χ1n) is 10.2. The van der Waals surface area contributed by atoms with E-state index < -0.39 is 21.6 Å². The highest BCUT2D eigenvalue weighted by molar-refractivity contribution is 7.92. The van der Waals surface area contributed by atoms with E-state index in [0.717, 1.165) is 12.0 Å². The minimum Gasteiger partial charge on any atom is -0.496 e. The minimum atomic E-state index is -3.41. The lowest BCUT2D eigenvalue weighted by Gasteiger charge is -2.13. The number of amides is 1. The maximum Gasteiger partial charge on any atom is 0.349 e. The van der Waals surface area contributed by atoms with Gasteiger partial charge in [0.05, 0.1) is 12.9 Å². The number of rotatable bonds is 8. The second-order valence-electron chi connectivity index (χ2n) is 7.35. The molecule has 0 aliphatic heterocycles. The Bertz CT molecular complexity index is 1330. The standard InChI is InChI=1S/C23H26N2O6S/c1-5-7-17-20(30-4)11-8-15-13-18(23(27)31-21(15)17)22(26)24-19-10-9-16(12-14(19)3)25-32(28,29)6-2/h8-13,25H,5-7H2,1-4H3,(H,24,26). The number of aryl methyl sites for hydroxylation is 2. The quantitative estimate of drug-likeness (QED) is 0.492. The van der Waals surface area contributed by atoms with E-state index in [0.29, 0.717) is 40.1 Å². The third-order valence-corrected chi connectivity index (χ3v) is 6.36. The molecule has 0 spiro atoms. The average molecular weight is 459 g/mol. The Morgan fingerprint density at radius 3 is 2.50 bits per heavy atom. The number of sulfonamides is 1. The number of nitrogens with one attached hydrogen (secondary N) is 2. The van der Waals surface area contributed by atoms with Crippen LogP contribution in [0.25, 0.3) is 11.0 Å². The van der Waals surface area contributed by atoms with E-state index >= 15 is 0 Å². The maximum atomic E-state index is 12.8. The molecule has 2 aromatic carbocycles. The predicted octanol–water partition coefficient (Wildman–Crippen LogP) is 4.08. The molecule has 8 nitrogen and oxygen atoms in total. The summed E-state index contributed by atoms with van der Waals surface area (Å²) in [7, 11) is -1.85. The lowest BCUT2D eigenvalue weighted by Crippen LogP contribution is -2.21. The van der Waals surface area contributed by atoms with Crippen LogP contribution in [0.2, 0.25) is 0 Å². The summed E-state index contributed by atoms with van der Waals surface area (Å²) in [6, 6.07) is 9.76. The largest absolute Gasteiger partial charge is 0.496 e. The molecule has 0 aliphatic rings. The van der Waals surface area contributed by atoms with E-state index in [-0.39, 0.29) is 11.3 Å². The third kappa shape index (κ3) is 4.94. The summed E-state index contributed by atoms with van der Waals surface area (Å²) in [5.41, 5.74) is 1.81. The van der Waals surface area contributed by atoms with Gasteiger partial charge in [0.2, 0.25) is 10.0 Å². The van der Waals surface area contributed by atoms with Crippen LogP contribution in [0, 0.1) is 6.92 Å². The van der Waals surface area contributed by atoms with Crippen LogP contribution in [-0.4, -0.2) is 27.2 Å². The molecule has 9 heteroatoms.